The Kier molecular flexibility index (Phi) is 3.76. The summed E-state index contributed by atoms with van der Waals surface area (Å²) >= 11 is 0. The lowest BCUT2D eigenvalue weighted by molar-refractivity contribution is -0.137. The fraction of sp³-hybridized carbons (Fsp3) is 0.417. The van der Waals surface area contributed by atoms with Gasteiger partial charge in [-0.2, -0.15) is 13.2 Å². The Morgan fingerprint density at radius 1 is 1.40 bits per heavy atom. The Balaban J connectivity index is 2.44. The summed E-state index contributed by atoms with van der Waals surface area (Å²) in [5, 5.41) is 20.7. The van der Waals surface area contributed by atoms with Gasteiger partial charge in [0.1, 0.15) is 0 Å². The molecular formula is C12H14F3N3O2. The van der Waals surface area contributed by atoms with Crippen molar-refractivity contribution >= 4 is 11.5 Å². The molecule has 1 aliphatic heterocycles. The Hall–Kier alpha value is -1.96. The molecule has 2 rings (SSSR count). The number of aliphatic hydroxyl groups is 1. The van der Waals surface area contributed by atoms with Crippen molar-refractivity contribution < 1.29 is 23.5 Å². The highest BCUT2D eigenvalue weighted by Gasteiger charge is 2.35. The average Bonchev–Trinajstić information content (AvgIpc) is 2.82. The van der Waals surface area contributed by atoms with E-state index >= 15 is 0 Å². The van der Waals surface area contributed by atoms with Crippen LogP contribution in [0.1, 0.15) is 17.5 Å². The number of β-amino-alcohol motifs (C(OH)–C–C–N with tert-alkyl or cyclic N) is 1. The fourth-order valence-electron chi connectivity index (χ4n) is 2.22. The Morgan fingerprint density at radius 2 is 2.10 bits per heavy atom. The van der Waals surface area contributed by atoms with Gasteiger partial charge in [0.05, 0.1) is 11.7 Å². The monoisotopic (exact) mass is 289 g/mol. The first-order valence-electron chi connectivity index (χ1n) is 5.95. The van der Waals surface area contributed by atoms with E-state index in [1.807, 2.05) is 0 Å². The largest absolute Gasteiger partial charge is 0.417 e. The first-order chi connectivity index (χ1) is 9.32. The van der Waals surface area contributed by atoms with Crippen LogP contribution in [0.15, 0.2) is 23.4 Å². The zero-order valence-electron chi connectivity index (χ0n) is 10.4. The molecule has 0 radical (unpaired) electrons. The number of hydrogen-bond donors (Lipinski definition) is 3. The van der Waals surface area contributed by atoms with E-state index in [0.29, 0.717) is 25.2 Å². The van der Waals surface area contributed by atoms with Crippen LogP contribution in [0.5, 0.6) is 0 Å². The van der Waals surface area contributed by atoms with E-state index in [9.17, 15) is 18.3 Å². The molecular weight excluding hydrogens is 275 g/mol. The van der Waals surface area contributed by atoms with E-state index in [0.717, 1.165) is 6.07 Å². The van der Waals surface area contributed by atoms with Gasteiger partial charge in [-0.3, -0.25) is 0 Å². The fourth-order valence-corrected chi connectivity index (χ4v) is 2.22. The first-order valence-corrected chi connectivity index (χ1v) is 5.95. The highest BCUT2D eigenvalue weighted by atomic mass is 19.4. The number of halogens is 3. The van der Waals surface area contributed by atoms with Gasteiger partial charge in [-0.15, -0.1) is 0 Å². The van der Waals surface area contributed by atoms with Crippen molar-refractivity contribution in [3.05, 3.63) is 29.3 Å². The summed E-state index contributed by atoms with van der Waals surface area (Å²) in [6, 6.07) is 3.43. The van der Waals surface area contributed by atoms with E-state index in [1.165, 1.54) is 12.1 Å². The van der Waals surface area contributed by atoms with Gasteiger partial charge in [0.2, 0.25) is 0 Å². The quantitative estimate of drug-likeness (QED) is 0.332. The SMILES string of the molecule is N/C(=N/O)c1cc(N2CCC(O)C2)ccc1C(F)(F)F. The van der Waals surface area contributed by atoms with Crippen LogP contribution in [-0.4, -0.2) is 35.3 Å². The molecule has 1 aliphatic rings. The topological polar surface area (TPSA) is 82.1 Å². The zero-order chi connectivity index (χ0) is 14.9. The summed E-state index contributed by atoms with van der Waals surface area (Å²) in [6.07, 6.45) is -4.53. The van der Waals surface area contributed by atoms with E-state index in [1.54, 1.807) is 4.90 Å². The lowest BCUT2D eigenvalue weighted by Gasteiger charge is -2.20. The predicted octanol–water partition coefficient (Wildman–Crippen LogP) is 1.37. The van der Waals surface area contributed by atoms with Crippen LogP contribution in [0.2, 0.25) is 0 Å². The van der Waals surface area contributed by atoms with E-state index < -0.39 is 23.7 Å². The molecule has 1 atom stereocenters. The van der Waals surface area contributed by atoms with Crippen LogP contribution < -0.4 is 10.6 Å². The minimum Gasteiger partial charge on any atom is -0.409 e. The number of oxime groups is 1. The number of aliphatic hydroxyl groups excluding tert-OH is 1. The van der Waals surface area contributed by atoms with Crippen LogP contribution in [-0.2, 0) is 6.18 Å². The number of anilines is 1. The van der Waals surface area contributed by atoms with E-state index in [-0.39, 0.29) is 5.56 Å². The zero-order valence-corrected chi connectivity index (χ0v) is 10.4. The molecule has 0 saturated carbocycles. The smallest absolute Gasteiger partial charge is 0.409 e. The molecule has 20 heavy (non-hydrogen) atoms. The van der Waals surface area contributed by atoms with Crippen molar-refractivity contribution in [2.75, 3.05) is 18.0 Å². The highest BCUT2D eigenvalue weighted by molar-refractivity contribution is 5.99. The molecule has 0 aromatic heterocycles. The first kappa shape index (κ1) is 14.4. The van der Waals surface area contributed by atoms with Crippen molar-refractivity contribution in [1.29, 1.82) is 0 Å². The maximum absolute atomic E-state index is 12.9. The van der Waals surface area contributed by atoms with Crippen LogP contribution >= 0.6 is 0 Å². The van der Waals surface area contributed by atoms with Gasteiger partial charge >= 0.3 is 6.18 Å². The van der Waals surface area contributed by atoms with E-state index in [2.05, 4.69) is 5.16 Å². The molecule has 1 unspecified atom stereocenters. The lowest BCUT2D eigenvalue weighted by atomic mass is 10.0. The van der Waals surface area contributed by atoms with Gasteiger partial charge < -0.3 is 20.9 Å². The molecule has 1 heterocycles. The van der Waals surface area contributed by atoms with Crippen LogP contribution in [0.3, 0.4) is 0 Å². The van der Waals surface area contributed by atoms with Crippen molar-refractivity contribution in [2.45, 2.75) is 18.7 Å². The molecule has 1 aromatic rings. The Labute approximate surface area is 113 Å². The summed E-state index contributed by atoms with van der Waals surface area (Å²) in [7, 11) is 0. The molecule has 0 spiro atoms. The summed E-state index contributed by atoms with van der Waals surface area (Å²) in [4.78, 5) is 1.75. The molecule has 0 amide bonds. The molecule has 5 nitrogen and oxygen atoms in total. The summed E-state index contributed by atoms with van der Waals surface area (Å²) in [5.41, 5.74) is 4.48. The highest BCUT2D eigenvalue weighted by Crippen LogP contribution is 2.34. The number of nitrogens with zero attached hydrogens (tertiary/aromatic N) is 2. The molecule has 1 fully saturated rings. The number of alkyl halides is 3. The predicted molar refractivity (Wildman–Crippen MR) is 66.8 cm³/mol. The second-order valence-electron chi connectivity index (χ2n) is 4.60. The van der Waals surface area contributed by atoms with Gasteiger partial charge in [-0.25, -0.2) is 0 Å². The number of hydrogen-bond acceptors (Lipinski definition) is 4. The number of rotatable bonds is 2. The maximum atomic E-state index is 12.9. The van der Waals surface area contributed by atoms with E-state index in [4.69, 9.17) is 10.9 Å². The molecule has 0 bridgehead atoms. The lowest BCUT2D eigenvalue weighted by Crippen LogP contribution is -2.24. The summed E-state index contributed by atoms with van der Waals surface area (Å²) in [6.45, 7) is 0.892. The average molecular weight is 289 g/mol. The summed E-state index contributed by atoms with van der Waals surface area (Å²) in [5.74, 6) is -0.598. The third kappa shape index (κ3) is 2.79. The minimum atomic E-state index is -4.59. The number of amidine groups is 1. The van der Waals surface area contributed by atoms with Gasteiger partial charge in [0.15, 0.2) is 5.84 Å². The molecule has 110 valence electrons. The van der Waals surface area contributed by atoms with Gasteiger partial charge in [0.25, 0.3) is 0 Å². The molecule has 8 heteroatoms. The molecule has 0 aliphatic carbocycles. The van der Waals surface area contributed by atoms with Crippen molar-refractivity contribution in [2.24, 2.45) is 10.9 Å². The Bertz CT molecular complexity index is 531. The molecule has 1 saturated heterocycles. The number of nitrogens with two attached hydrogens (primary N) is 1. The normalized spacial score (nSPS) is 20.5. The molecule has 1 aromatic carbocycles. The third-order valence-electron chi connectivity index (χ3n) is 3.22. The maximum Gasteiger partial charge on any atom is 0.417 e. The Morgan fingerprint density at radius 3 is 2.60 bits per heavy atom. The third-order valence-corrected chi connectivity index (χ3v) is 3.22. The van der Waals surface area contributed by atoms with Gasteiger partial charge in [0, 0.05) is 24.3 Å². The van der Waals surface area contributed by atoms with Crippen molar-refractivity contribution in [1.82, 2.24) is 0 Å². The summed E-state index contributed by atoms with van der Waals surface area (Å²) < 4.78 is 38.6. The van der Waals surface area contributed by atoms with Crippen LogP contribution in [0, 0.1) is 0 Å². The van der Waals surface area contributed by atoms with Crippen molar-refractivity contribution in [3.8, 4) is 0 Å². The van der Waals surface area contributed by atoms with Crippen molar-refractivity contribution in [3.63, 3.8) is 0 Å². The van der Waals surface area contributed by atoms with Gasteiger partial charge in [-0.05, 0) is 24.6 Å². The number of benzene rings is 1. The second-order valence-corrected chi connectivity index (χ2v) is 4.60. The molecule has 4 N–H and O–H groups in total. The minimum absolute atomic E-state index is 0.348. The van der Waals surface area contributed by atoms with Gasteiger partial charge in [-0.1, -0.05) is 5.16 Å². The van der Waals surface area contributed by atoms with Crippen LogP contribution in [0.4, 0.5) is 18.9 Å². The van der Waals surface area contributed by atoms with Crippen LogP contribution in [0.25, 0.3) is 0 Å². The standard InChI is InChI=1S/C12H14F3N3O2/c13-12(14,15)10-2-1-7(5-9(10)11(16)17-20)18-4-3-8(19)6-18/h1-2,5,8,19-20H,3-4,6H2,(H2,16,17). The second kappa shape index (κ2) is 5.20.